The predicted octanol–water partition coefficient (Wildman–Crippen LogP) is 0.764. The molecule has 2 saturated carbocycles. The SMILES string of the molecule is O=C(NCC1CC(O)C1)C1CCC(N2CCOCC2)CC1. The first kappa shape index (κ1) is 15.3. The van der Waals surface area contributed by atoms with E-state index in [2.05, 4.69) is 10.2 Å². The van der Waals surface area contributed by atoms with Crippen molar-refractivity contribution in [1.29, 1.82) is 0 Å². The zero-order valence-electron chi connectivity index (χ0n) is 12.8. The van der Waals surface area contributed by atoms with Crippen molar-refractivity contribution in [1.82, 2.24) is 10.2 Å². The average Bonchev–Trinajstić information content (AvgIpc) is 2.51. The molecular weight excluding hydrogens is 268 g/mol. The molecule has 3 rings (SSSR count). The number of nitrogens with zero attached hydrogens (tertiary/aromatic N) is 1. The molecular formula is C16H28N2O3. The maximum atomic E-state index is 12.2. The van der Waals surface area contributed by atoms with E-state index < -0.39 is 0 Å². The van der Waals surface area contributed by atoms with Gasteiger partial charge in [-0.25, -0.2) is 0 Å². The lowest BCUT2D eigenvalue weighted by atomic mass is 9.81. The third-order valence-corrected chi connectivity index (χ3v) is 5.41. The van der Waals surface area contributed by atoms with Crippen LogP contribution in [0.3, 0.4) is 0 Å². The van der Waals surface area contributed by atoms with E-state index in [9.17, 15) is 9.90 Å². The summed E-state index contributed by atoms with van der Waals surface area (Å²) in [6, 6.07) is 0.653. The highest BCUT2D eigenvalue weighted by Crippen LogP contribution is 2.29. The normalized spacial score (nSPS) is 37.8. The summed E-state index contributed by atoms with van der Waals surface area (Å²) < 4.78 is 5.40. The Morgan fingerprint density at radius 2 is 1.81 bits per heavy atom. The maximum Gasteiger partial charge on any atom is 0.223 e. The Morgan fingerprint density at radius 1 is 1.14 bits per heavy atom. The van der Waals surface area contributed by atoms with E-state index in [0.29, 0.717) is 12.0 Å². The van der Waals surface area contributed by atoms with Gasteiger partial charge in [0, 0.05) is 31.6 Å². The van der Waals surface area contributed by atoms with Crippen LogP contribution in [0.25, 0.3) is 0 Å². The number of hydrogen-bond donors (Lipinski definition) is 2. The number of morpholine rings is 1. The van der Waals surface area contributed by atoms with Crippen molar-refractivity contribution in [2.75, 3.05) is 32.8 Å². The number of carbonyl (C=O) groups is 1. The second kappa shape index (κ2) is 7.07. The fourth-order valence-corrected chi connectivity index (χ4v) is 3.90. The molecule has 1 saturated heterocycles. The summed E-state index contributed by atoms with van der Waals surface area (Å²) in [6.07, 6.45) is 5.88. The van der Waals surface area contributed by atoms with Gasteiger partial charge in [0.2, 0.25) is 5.91 Å². The van der Waals surface area contributed by atoms with Crippen LogP contribution in [-0.2, 0) is 9.53 Å². The Bertz CT molecular complexity index is 343. The van der Waals surface area contributed by atoms with Gasteiger partial charge in [-0.1, -0.05) is 0 Å². The number of amides is 1. The molecule has 0 atom stereocenters. The standard InChI is InChI=1S/C16H28N2O3/c19-15-9-12(10-15)11-17-16(20)13-1-3-14(4-2-13)18-5-7-21-8-6-18/h12-15,19H,1-11H2,(H,17,20). The zero-order valence-corrected chi connectivity index (χ0v) is 12.8. The molecule has 21 heavy (non-hydrogen) atoms. The first-order valence-corrected chi connectivity index (χ1v) is 8.50. The molecule has 1 aliphatic heterocycles. The summed E-state index contributed by atoms with van der Waals surface area (Å²) in [5.74, 6) is 0.928. The molecule has 0 bridgehead atoms. The van der Waals surface area contributed by atoms with Gasteiger partial charge in [-0.3, -0.25) is 9.69 Å². The molecule has 3 fully saturated rings. The number of ether oxygens (including phenoxy) is 1. The first-order valence-electron chi connectivity index (χ1n) is 8.50. The van der Waals surface area contributed by atoms with Gasteiger partial charge >= 0.3 is 0 Å². The first-order chi connectivity index (χ1) is 10.2. The van der Waals surface area contributed by atoms with Gasteiger partial charge < -0.3 is 15.2 Å². The van der Waals surface area contributed by atoms with E-state index in [1.807, 2.05) is 0 Å². The van der Waals surface area contributed by atoms with Crippen molar-refractivity contribution in [3.8, 4) is 0 Å². The van der Waals surface area contributed by atoms with Crippen LogP contribution in [-0.4, -0.2) is 60.9 Å². The molecule has 5 heteroatoms. The van der Waals surface area contributed by atoms with E-state index >= 15 is 0 Å². The minimum atomic E-state index is -0.129. The number of aliphatic hydroxyl groups excluding tert-OH is 1. The van der Waals surface area contributed by atoms with Crippen molar-refractivity contribution >= 4 is 5.91 Å². The lowest BCUT2D eigenvalue weighted by molar-refractivity contribution is -0.127. The summed E-state index contributed by atoms with van der Waals surface area (Å²) >= 11 is 0. The Hall–Kier alpha value is -0.650. The number of aliphatic hydroxyl groups is 1. The molecule has 1 amide bonds. The highest BCUT2D eigenvalue weighted by Gasteiger charge is 2.31. The molecule has 3 aliphatic rings. The number of nitrogens with one attached hydrogen (secondary N) is 1. The Morgan fingerprint density at radius 3 is 2.43 bits per heavy atom. The minimum absolute atomic E-state index is 0.129. The molecule has 2 N–H and O–H groups in total. The molecule has 0 unspecified atom stereocenters. The molecule has 0 aromatic carbocycles. The van der Waals surface area contributed by atoms with E-state index in [-0.39, 0.29) is 17.9 Å². The molecule has 0 aromatic heterocycles. The van der Waals surface area contributed by atoms with Gasteiger partial charge in [0.15, 0.2) is 0 Å². The number of hydrogen-bond acceptors (Lipinski definition) is 4. The fourth-order valence-electron chi connectivity index (χ4n) is 3.90. The maximum absolute atomic E-state index is 12.2. The summed E-state index contributed by atoms with van der Waals surface area (Å²) in [6.45, 7) is 4.55. The Labute approximate surface area is 127 Å². The lowest BCUT2D eigenvalue weighted by Crippen LogP contribution is -2.46. The Balaban J connectivity index is 1.35. The van der Waals surface area contributed by atoms with Gasteiger partial charge in [-0.15, -0.1) is 0 Å². The topological polar surface area (TPSA) is 61.8 Å². The predicted molar refractivity (Wildman–Crippen MR) is 79.9 cm³/mol. The molecule has 5 nitrogen and oxygen atoms in total. The highest BCUT2D eigenvalue weighted by atomic mass is 16.5. The van der Waals surface area contributed by atoms with E-state index in [1.165, 1.54) is 0 Å². The van der Waals surface area contributed by atoms with Crippen molar-refractivity contribution in [2.24, 2.45) is 11.8 Å². The molecule has 0 spiro atoms. The van der Waals surface area contributed by atoms with Crippen LogP contribution in [0.4, 0.5) is 0 Å². The average molecular weight is 296 g/mol. The fraction of sp³-hybridized carbons (Fsp3) is 0.938. The smallest absolute Gasteiger partial charge is 0.223 e. The second-order valence-electron chi connectivity index (χ2n) is 6.89. The summed E-state index contributed by atoms with van der Waals surface area (Å²) in [5.41, 5.74) is 0. The van der Waals surface area contributed by atoms with Gasteiger partial charge in [-0.2, -0.15) is 0 Å². The van der Waals surface area contributed by atoms with Crippen molar-refractivity contribution in [3.05, 3.63) is 0 Å². The quantitative estimate of drug-likeness (QED) is 0.804. The van der Waals surface area contributed by atoms with Crippen molar-refractivity contribution in [3.63, 3.8) is 0 Å². The third-order valence-electron chi connectivity index (χ3n) is 5.41. The Kier molecular flexibility index (Phi) is 5.14. The zero-order chi connectivity index (χ0) is 14.7. The second-order valence-corrected chi connectivity index (χ2v) is 6.89. The van der Waals surface area contributed by atoms with Gasteiger partial charge in [0.1, 0.15) is 0 Å². The van der Waals surface area contributed by atoms with Gasteiger partial charge in [0.05, 0.1) is 19.3 Å². The van der Waals surface area contributed by atoms with Gasteiger partial charge in [-0.05, 0) is 44.4 Å². The van der Waals surface area contributed by atoms with Crippen LogP contribution in [0, 0.1) is 11.8 Å². The summed E-state index contributed by atoms with van der Waals surface area (Å²) in [4.78, 5) is 14.7. The number of rotatable bonds is 4. The van der Waals surface area contributed by atoms with Crippen LogP contribution in [0.2, 0.25) is 0 Å². The van der Waals surface area contributed by atoms with E-state index in [4.69, 9.17) is 4.74 Å². The van der Waals surface area contributed by atoms with E-state index in [1.54, 1.807) is 0 Å². The van der Waals surface area contributed by atoms with Gasteiger partial charge in [0.25, 0.3) is 0 Å². The van der Waals surface area contributed by atoms with Crippen LogP contribution in [0.15, 0.2) is 0 Å². The molecule has 120 valence electrons. The molecule has 1 heterocycles. The van der Waals surface area contributed by atoms with E-state index in [0.717, 1.165) is 71.4 Å². The molecule has 2 aliphatic carbocycles. The molecule has 0 radical (unpaired) electrons. The third kappa shape index (κ3) is 3.96. The highest BCUT2D eigenvalue weighted by molar-refractivity contribution is 5.78. The minimum Gasteiger partial charge on any atom is -0.393 e. The van der Waals surface area contributed by atoms with Crippen LogP contribution in [0.5, 0.6) is 0 Å². The number of carbonyl (C=O) groups excluding carboxylic acids is 1. The largest absolute Gasteiger partial charge is 0.393 e. The monoisotopic (exact) mass is 296 g/mol. The summed E-state index contributed by atoms with van der Waals surface area (Å²) in [7, 11) is 0. The molecule has 0 aromatic rings. The van der Waals surface area contributed by atoms with Crippen LogP contribution in [0.1, 0.15) is 38.5 Å². The van der Waals surface area contributed by atoms with Crippen molar-refractivity contribution < 1.29 is 14.6 Å². The summed E-state index contributed by atoms with van der Waals surface area (Å²) in [5, 5.41) is 12.3. The van der Waals surface area contributed by atoms with Crippen LogP contribution >= 0.6 is 0 Å². The van der Waals surface area contributed by atoms with Crippen LogP contribution < -0.4 is 5.32 Å². The van der Waals surface area contributed by atoms with Crippen molar-refractivity contribution in [2.45, 2.75) is 50.7 Å². The lowest BCUT2D eigenvalue weighted by Gasteiger charge is -2.38.